The minimum Gasteiger partial charge on any atom is -0.328 e. The Morgan fingerprint density at radius 3 is 2.33 bits per heavy atom. The zero-order chi connectivity index (χ0) is 16.2. The molecule has 0 heterocycles. The van der Waals surface area contributed by atoms with Crippen LogP contribution < -0.4 is 11.5 Å². The standard InChI is InChI=1S/C19H40N2/c1-7-13(2)17-12-16(11-14(3)18(17)21)19(5,6)10-8-9-15(4)20/h13-18H,7-12,20-21H2,1-6H3. The van der Waals surface area contributed by atoms with Crippen molar-refractivity contribution in [2.75, 3.05) is 0 Å². The van der Waals surface area contributed by atoms with Gasteiger partial charge in [-0.1, -0.05) is 47.5 Å². The summed E-state index contributed by atoms with van der Waals surface area (Å²) >= 11 is 0. The topological polar surface area (TPSA) is 52.0 Å². The molecule has 0 aromatic carbocycles. The van der Waals surface area contributed by atoms with Gasteiger partial charge in [0.2, 0.25) is 0 Å². The van der Waals surface area contributed by atoms with Gasteiger partial charge in [0, 0.05) is 12.1 Å². The van der Waals surface area contributed by atoms with Gasteiger partial charge in [0.1, 0.15) is 0 Å². The minimum absolute atomic E-state index is 0.340. The molecule has 0 radical (unpaired) electrons. The van der Waals surface area contributed by atoms with Crippen LogP contribution >= 0.6 is 0 Å². The zero-order valence-electron chi connectivity index (χ0n) is 15.4. The van der Waals surface area contributed by atoms with Crippen molar-refractivity contribution in [3.8, 4) is 0 Å². The lowest BCUT2D eigenvalue weighted by molar-refractivity contribution is 0.0487. The molecule has 0 aromatic heterocycles. The molecular weight excluding hydrogens is 256 g/mol. The number of hydrogen-bond donors (Lipinski definition) is 2. The molecule has 1 aliphatic rings. The van der Waals surface area contributed by atoms with Gasteiger partial charge in [-0.25, -0.2) is 0 Å². The fourth-order valence-corrected chi connectivity index (χ4v) is 4.25. The molecule has 1 fully saturated rings. The van der Waals surface area contributed by atoms with Crippen molar-refractivity contribution in [2.24, 2.45) is 40.6 Å². The van der Waals surface area contributed by atoms with E-state index >= 15 is 0 Å². The summed E-state index contributed by atoms with van der Waals surface area (Å²) in [6.07, 6.45) is 7.60. The molecule has 2 nitrogen and oxygen atoms in total. The number of hydrogen-bond acceptors (Lipinski definition) is 2. The Morgan fingerprint density at radius 2 is 1.81 bits per heavy atom. The highest BCUT2D eigenvalue weighted by molar-refractivity contribution is 4.93. The highest BCUT2D eigenvalue weighted by Crippen LogP contribution is 2.47. The van der Waals surface area contributed by atoms with E-state index in [0.29, 0.717) is 29.3 Å². The summed E-state index contributed by atoms with van der Waals surface area (Å²) in [4.78, 5) is 0. The SMILES string of the molecule is CCC(C)C1CC(C(C)(C)CCCC(C)N)CC(C)C1N. The van der Waals surface area contributed by atoms with Crippen molar-refractivity contribution in [3.63, 3.8) is 0 Å². The summed E-state index contributed by atoms with van der Waals surface area (Å²) in [5, 5.41) is 0. The second kappa shape index (κ2) is 7.97. The van der Waals surface area contributed by atoms with E-state index in [-0.39, 0.29) is 0 Å². The molecular formula is C19H40N2. The third-order valence-electron chi connectivity index (χ3n) is 6.33. The summed E-state index contributed by atoms with van der Waals surface area (Å²) < 4.78 is 0. The van der Waals surface area contributed by atoms with Crippen LogP contribution in [0.4, 0.5) is 0 Å². The normalized spacial score (nSPS) is 33.7. The molecule has 6 unspecified atom stereocenters. The van der Waals surface area contributed by atoms with E-state index in [2.05, 4.69) is 41.5 Å². The van der Waals surface area contributed by atoms with Crippen molar-refractivity contribution in [2.45, 2.75) is 92.2 Å². The van der Waals surface area contributed by atoms with E-state index in [0.717, 1.165) is 18.3 Å². The summed E-state index contributed by atoms with van der Waals surface area (Å²) in [6.45, 7) is 14.1. The molecule has 0 amide bonds. The van der Waals surface area contributed by atoms with Gasteiger partial charge in [0.05, 0.1) is 0 Å². The summed E-state index contributed by atoms with van der Waals surface area (Å²) in [5.74, 6) is 2.94. The van der Waals surface area contributed by atoms with E-state index in [1.165, 1.54) is 32.1 Å². The maximum absolute atomic E-state index is 6.53. The summed E-state index contributed by atoms with van der Waals surface area (Å²) in [5.41, 5.74) is 12.9. The van der Waals surface area contributed by atoms with Gasteiger partial charge in [-0.05, 0) is 61.7 Å². The fraction of sp³-hybridized carbons (Fsp3) is 1.00. The fourth-order valence-electron chi connectivity index (χ4n) is 4.25. The Kier molecular flexibility index (Phi) is 7.19. The van der Waals surface area contributed by atoms with Gasteiger partial charge < -0.3 is 11.5 Å². The smallest absolute Gasteiger partial charge is 0.00957 e. The first-order chi connectivity index (χ1) is 9.69. The monoisotopic (exact) mass is 296 g/mol. The molecule has 0 aromatic rings. The average molecular weight is 297 g/mol. The lowest BCUT2D eigenvalue weighted by atomic mass is 9.60. The maximum atomic E-state index is 6.53. The highest BCUT2D eigenvalue weighted by atomic mass is 14.7. The molecule has 1 aliphatic carbocycles. The third kappa shape index (κ3) is 5.25. The molecule has 1 saturated carbocycles. The molecule has 126 valence electrons. The number of nitrogens with two attached hydrogens (primary N) is 2. The molecule has 2 heteroatoms. The van der Waals surface area contributed by atoms with Crippen LogP contribution in [0.1, 0.15) is 80.1 Å². The lowest BCUT2D eigenvalue weighted by Gasteiger charge is -2.47. The molecule has 1 rings (SSSR count). The Hall–Kier alpha value is -0.0800. The Labute approximate surface area is 133 Å². The van der Waals surface area contributed by atoms with Crippen molar-refractivity contribution in [1.29, 1.82) is 0 Å². The minimum atomic E-state index is 0.340. The Bertz CT molecular complexity index is 298. The van der Waals surface area contributed by atoms with Crippen molar-refractivity contribution < 1.29 is 0 Å². The van der Waals surface area contributed by atoms with Crippen LogP contribution in [-0.2, 0) is 0 Å². The van der Waals surface area contributed by atoms with Crippen LogP contribution in [0.3, 0.4) is 0 Å². The first-order valence-corrected chi connectivity index (χ1v) is 9.20. The van der Waals surface area contributed by atoms with Gasteiger partial charge in [-0.3, -0.25) is 0 Å². The average Bonchev–Trinajstić information content (AvgIpc) is 2.40. The van der Waals surface area contributed by atoms with E-state index in [1.807, 2.05) is 0 Å². The predicted octanol–water partition coefficient (Wildman–Crippen LogP) is 4.57. The maximum Gasteiger partial charge on any atom is 0.00957 e. The predicted molar refractivity (Wildman–Crippen MR) is 94.1 cm³/mol. The second-order valence-corrected chi connectivity index (χ2v) is 8.63. The summed E-state index contributed by atoms with van der Waals surface area (Å²) in [6, 6.07) is 0.739. The molecule has 0 bridgehead atoms. The van der Waals surface area contributed by atoms with E-state index in [1.54, 1.807) is 0 Å². The van der Waals surface area contributed by atoms with Crippen LogP contribution in [0, 0.1) is 29.1 Å². The largest absolute Gasteiger partial charge is 0.328 e. The molecule has 0 spiro atoms. The van der Waals surface area contributed by atoms with Gasteiger partial charge >= 0.3 is 0 Å². The van der Waals surface area contributed by atoms with Gasteiger partial charge in [0.15, 0.2) is 0 Å². The quantitative estimate of drug-likeness (QED) is 0.723. The second-order valence-electron chi connectivity index (χ2n) is 8.63. The molecule has 0 aliphatic heterocycles. The van der Waals surface area contributed by atoms with Crippen LogP contribution in [0.5, 0.6) is 0 Å². The zero-order valence-corrected chi connectivity index (χ0v) is 15.4. The van der Waals surface area contributed by atoms with Crippen LogP contribution in [0.15, 0.2) is 0 Å². The van der Waals surface area contributed by atoms with Crippen LogP contribution in [0.2, 0.25) is 0 Å². The van der Waals surface area contributed by atoms with Gasteiger partial charge in [-0.2, -0.15) is 0 Å². The van der Waals surface area contributed by atoms with Crippen molar-refractivity contribution in [3.05, 3.63) is 0 Å². The molecule has 0 saturated heterocycles. The van der Waals surface area contributed by atoms with Crippen molar-refractivity contribution >= 4 is 0 Å². The third-order valence-corrected chi connectivity index (χ3v) is 6.33. The van der Waals surface area contributed by atoms with E-state index < -0.39 is 0 Å². The van der Waals surface area contributed by atoms with Crippen LogP contribution in [-0.4, -0.2) is 12.1 Å². The Morgan fingerprint density at radius 1 is 1.19 bits per heavy atom. The number of rotatable bonds is 7. The van der Waals surface area contributed by atoms with Gasteiger partial charge in [-0.15, -0.1) is 0 Å². The Balaban J connectivity index is 2.68. The molecule has 6 atom stereocenters. The summed E-state index contributed by atoms with van der Waals surface area (Å²) in [7, 11) is 0. The first kappa shape index (κ1) is 19.0. The molecule has 21 heavy (non-hydrogen) atoms. The molecule has 4 N–H and O–H groups in total. The highest BCUT2D eigenvalue weighted by Gasteiger charge is 2.41. The van der Waals surface area contributed by atoms with E-state index in [9.17, 15) is 0 Å². The lowest BCUT2D eigenvalue weighted by Crippen LogP contribution is -2.47. The first-order valence-electron chi connectivity index (χ1n) is 9.20. The van der Waals surface area contributed by atoms with E-state index in [4.69, 9.17) is 11.5 Å². The van der Waals surface area contributed by atoms with Gasteiger partial charge in [0.25, 0.3) is 0 Å². The van der Waals surface area contributed by atoms with Crippen LogP contribution in [0.25, 0.3) is 0 Å². The van der Waals surface area contributed by atoms with Crippen molar-refractivity contribution in [1.82, 2.24) is 0 Å².